The van der Waals surface area contributed by atoms with E-state index in [-0.39, 0.29) is 18.8 Å². The standard InChI is InChI=1S/C17H17F4NO3/c1-11-4-3-5-12(8-11)13-9-14(25-10-24-7-6-23-2)15(17(19,20)21)22-16(13)18/h3-5,8-9H,6-7,10H2,1-2H3. The summed E-state index contributed by atoms with van der Waals surface area (Å²) in [5, 5.41) is 0. The van der Waals surface area contributed by atoms with E-state index in [0.29, 0.717) is 5.56 Å². The van der Waals surface area contributed by atoms with Crippen LogP contribution < -0.4 is 4.74 Å². The number of halogens is 4. The normalized spacial score (nSPS) is 11.6. The van der Waals surface area contributed by atoms with Crippen molar-refractivity contribution in [1.82, 2.24) is 4.98 Å². The van der Waals surface area contributed by atoms with E-state index >= 15 is 0 Å². The number of benzene rings is 1. The molecule has 1 aromatic carbocycles. The third-order valence-electron chi connectivity index (χ3n) is 3.27. The Morgan fingerprint density at radius 1 is 1.12 bits per heavy atom. The number of ether oxygens (including phenoxy) is 3. The van der Waals surface area contributed by atoms with Gasteiger partial charge in [-0.25, -0.2) is 4.98 Å². The van der Waals surface area contributed by atoms with Crippen LogP contribution in [0.2, 0.25) is 0 Å². The second-order valence-electron chi connectivity index (χ2n) is 5.20. The van der Waals surface area contributed by atoms with E-state index in [1.165, 1.54) is 7.11 Å². The molecule has 0 amide bonds. The van der Waals surface area contributed by atoms with E-state index in [0.717, 1.165) is 11.6 Å². The van der Waals surface area contributed by atoms with Gasteiger partial charge in [-0.15, -0.1) is 0 Å². The van der Waals surface area contributed by atoms with Crippen molar-refractivity contribution < 1.29 is 31.8 Å². The zero-order valence-electron chi connectivity index (χ0n) is 13.7. The van der Waals surface area contributed by atoms with Crippen LogP contribution >= 0.6 is 0 Å². The molecule has 0 fully saturated rings. The minimum absolute atomic E-state index is 0.0800. The Morgan fingerprint density at radius 2 is 1.88 bits per heavy atom. The third-order valence-corrected chi connectivity index (χ3v) is 3.27. The molecule has 0 N–H and O–H groups in total. The van der Waals surface area contributed by atoms with Crippen molar-refractivity contribution in [1.29, 1.82) is 0 Å². The Morgan fingerprint density at radius 3 is 2.52 bits per heavy atom. The van der Waals surface area contributed by atoms with Crippen molar-refractivity contribution in [2.75, 3.05) is 27.1 Å². The molecule has 0 aliphatic heterocycles. The predicted molar refractivity (Wildman–Crippen MR) is 82.7 cm³/mol. The number of aryl methyl sites for hydroxylation is 1. The Labute approximate surface area is 142 Å². The van der Waals surface area contributed by atoms with Gasteiger partial charge in [0.15, 0.2) is 18.2 Å². The lowest BCUT2D eigenvalue weighted by Gasteiger charge is -2.15. The monoisotopic (exact) mass is 359 g/mol. The van der Waals surface area contributed by atoms with Gasteiger partial charge in [-0.05, 0) is 18.6 Å². The number of nitrogens with zero attached hydrogens (tertiary/aromatic N) is 1. The first-order valence-corrected chi connectivity index (χ1v) is 7.37. The molecule has 1 heterocycles. The van der Waals surface area contributed by atoms with Gasteiger partial charge in [0.05, 0.1) is 13.2 Å². The van der Waals surface area contributed by atoms with Crippen LogP contribution in [0.4, 0.5) is 17.6 Å². The highest BCUT2D eigenvalue weighted by molar-refractivity contribution is 5.66. The fraction of sp³-hybridized carbons (Fsp3) is 0.353. The van der Waals surface area contributed by atoms with Crippen LogP contribution in [-0.2, 0) is 15.7 Å². The Balaban J connectivity index is 2.35. The fourth-order valence-electron chi connectivity index (χ4n) is 2.11. The van der Waals surface area contributed by atoms with Crippen molar-refractivity contribution in [3.05, 3.63) is 47.5 Å². The number of hydrogen-bond acceptors (Lipinski definition) is 4. The summed E-state index contributed by atoms with van der Waals surface area (Å²) in [6.07, 6.45) is -4.85. The zero-order valence-corrected chi connectivity index (χ0v) is 13.7. The van der Waals surface area contributed by atoms with Gasteiger partial charge in [0.2, 0.25) is 5.95 Å². The van der Waals surface area contributed by atoms with E-state index < -0.39 is 30.4 Å². The van der Waals surface area contributed by atoms with Gasteiger partial charge in [-0.2, -0.15) is 17.6 Å². The SMILES string of the molecule is COCCOCOc1cc(-c2cccc(C)c2)c(F)nc1C(F)(F)F. The summed E-state index contributed by atoms with van der Waals surface area (Å²) in [7, 11) is 1.46. The van der Waals surface area contributed by atoms with Gasteiger partial charge in [0, 0.05) is 12.7 Å². The molecule has 0 saturated heterocycles. The maximum Gasteiger partial charge on any atom is 0.437 e. The van der Waals surface area contributed by atoms with Crippen LogP contribution in [0.5, 0.6) is 5.75 Å². The fourth-order valence-corrected chi connectivity index (χ4v) is 2.11. The molecule has 2 rings (SSSR count). The molecule has 0 spiro atoms. The molecule has 0 radical (unpaired) electrons. The van der Waals surface area contributed by atoms with Crippen LogP contribution in [0.3, 0.4) is 0 Å². The van der Waals surface area contributed by atoms with Crippen molar-refractivity contribution in [2.24, 2.45) is 0 Å². The first-order valence-electron chi connectivity index (χ1n) is 7.37. The largest absolute Gasteiger partial charge is 0.465 e. The molecule has 136 valence electrons. The summed E-state index contributed by atoms with van der Waals surface area (Å²) >= 11 is 0. The summed E-state index contributed by atoms with van der Waals surface area (Å²) in [6.45, 7) is 1.77. The van der Waals surface area contributed by atoms with Gasteiger partial charge in [-0.1, -0.05) is 29.8 Å². The second-order valence-corrected chi connectivity index (χ2v) is 5.20. The molecule has 25 heavy (non-hydrogen) atoms. The minimum atomic E-state index is -4.85. The number of methoxy groups -OCH3 is 1. The van der Waals surface area contributed by atoms with E-state index in [2.05, 4.69) is 4.98 Å². The molecular formula is C17H17F4NO3. The average molecular weight is 359 g/mol. The second kappa shape index (κ2) is 8.26. The van der Waals surface area contributed by atoms with Crippen LogP contribution in [0.1, 0.15) is 11.3 Å². The Hall–Kier alpha value is -2.19. The molecule has 4 nitrogen and oxygen atoms in total. The lowest BCUT2D eigenvalue weighted by Crippen LogP contribution is -2.15. The minimum Gasteiger partial charge on any atom is -0.465 e. The Bertz CT molecular complexity index is 720. The first-order chi connectivity index (χ1) is 11.8. The smallest absolute Gasteiger partial charge is 0.437 e. The molecule has 0 aliphatic carbocycles. The highest BCUT2D eigenvalue weighted by atomic mass is 19.4. The van der Waals surface area contributed by atoms with Crippen LogP contribution in [0.25, 0.3) is 11.1 Å². The van der Waals surface area contributed by atoms with Crippen LogP contribution in [0.15, 0.2) is 30.3 Å². The highest BCUT2D eigenvalue weighted by Gasteiger charge is 2.38. The van der Waals surface area contributed by atoms with Crippen molar-refractivity contribution in [3.8, 4) is 16.9 Å². The van der Waals surface area contributed by atoms with Crippen LogP contribution in [0, 0.1) is 12.9 Å². The van der Waals surface area contributed by atoms with Crippen molar-refractivity contribution >= 4 is 0 Å². The lowest BCUT2D eigenvalue weighted by molar-refractivity contribution is -0.144. The number of alkyl halides is 3. The van der Waals surface area contributed by atoms with Gasteiger partial charge in [0.25, 0.3) is 0 Å². The molecule has 0 bridgehead atoms. The molecule has 0 unspecified atom stereocenters. The van der Waals surface area contributed by atoms with E-state index in [4.69, 9.17) is 14.2 Å². The quantitative estimate of drug-likeness (QED) is 0.321. The summed E-state index contributed by atoms with van der Waals surface area (Å²) in [6, 6.07) is 7.68. The topological polar surface area (TPSA) is 40.6 Å². The number of rotatable bonds is 7. The molecule has 2 aromatic rings. The van der Waals surface area contributed by atoms with E-state index in [1.54, 1.807) is 31.2 Å². The molecule has 1 aromatic heterocycles. The van der Waals surface area contributed by atoms with E-state index in [9.17, 15) is 17.6 Å². The highest BCUT2D eigenvalue weighted by Crippen LogP contribution is 2.38. The van der Waals surface area contributed by atoms with Crippen LogP contribution in [-0.4, -0.2) is 32.1 Å². The van der Waals surface area contributed by atoms with Crippen molar-refractivity contribution in [2.45, 2.75) is 13.1 Å². The molecule has 0 atom stereocenters. The number of aromatic nitrogens is 1. The molecule has 0 saturated carbocycles. The lowest BCUT2D eigenvalue weighted by atomic mass is 10.0. The predicted octanol–water partition coefficient (Wildman–Crippen LogP) is 4.21. The van der Waals surface area contributed by atoms with E-state index in [1.807, 2.05) is 0 Å². The third kappa shape index (κ3) is 5.14. The maximum absolute atomic E-state index is 14.2. The molecule has 0 aliphatic rings. The number of hydrogen-bond donors (Lipinski definition) is 0. The van der Waals surface area contributed by atoms with Gasteiger partial charge in [0.1, 0.15) is 0 Å². The average Bonchev–Trinajstić information content (AvgIpc) is 2.54. The van der Waals surface area contributed by atoms with Gasteiger partial charge < -0.3 is 14.2 Å². The summed E-state index contributed by atoms with van der Waals surface area (Å²) in [5.74, 6) is -1.81. The first kappa shape index (κ1) is 19.1. The summed E-state index contributed by atoms with van der Waals surface area (Å²) in [4.78, 5) is 3.07. The van der Waals surface area contributed by atoms with Gasteiger partial charge in [-0.3, -0.25) is 0 Å². The van der Waals surface area contributed by atoms with Crippen molar-refractivity contribution in [3.63, 3.8) is 0 Å². The molecule has 8 heteroatoms. The summed E-state index contributed by atoms with van der Waals surface area (Å²) in [5.41, 5.74) is -0.272. The zero-order chi connectivity index (χ0) is 18.4. The number of pyridine rings is 1. The Kier molecular flexibility index (Phi) is 6.33. The van der Waals surface area contributed by atoms with Gasteiger partial charge >= 0.3 is 6.18 Å². The maximum atomic E-state index is 14.2. The molecular weight excluding hydrogens is 342 g/mol. The summed E-state index contributed by atoms with van der Waals surface area (Å²) < 4.78 is 68.2.